The van der Waals surface area contributed by atoms with Gasteiger partial charge in [-0.25, -0.2) is 4.39 Å². The van der Waals surface area contributed by atoms with Gasteiger partial charge < -0.3 is 10.3 Å². The monoisotopic (exact) mass is 281 g/mol. The van der Waals surface area contributed by atoms with Crippen LogP contribution < -0.4 is 5.73 Å². The molecule has 0 bridgehead atoms. The van der Waals surface area contributed by atoms with E-state index in [1.165, 1.54) is 12.1 Å². The second kappa shape index (κ2) is 6.06. The molecule has 0 aliphatic carbocycles. The third-order valence-electron chi connectivity index (χ3n) is 2.39. The second-order valence-corrected chi connectivity index (χ2v) is 5.69. The van der Waals surface area contributed by atoms with Crippen LogP contribution in [0.4, 0.5) is 10.1 Å². The van der Waals surface area contributed by atoms with Gasteiger partial charge in [0.25, 0.3) is 5.89 Å². The van der Waals surface area contributed by atoms with E-state index >= 15 is 0 Å². The molecule has 102 valence electrons. The van der Waals surface area contributed by atoms with Gasteiger partial charge in [0.05, 0.1) is 11.4 Å². The van der Waals surface area contributed by atoms with Crippen molar-refractivity contribution in [3.8, 4) is 11.5 Å². The molecule has 19 heavy (non-hydrogen) atoms. The second-order valence-electron chi connectivity index (χ2n) is 4.66. The number of anilines is 1. The summed E-state index contributed by atoms with van der Waals surface area (Å²) in [6.07, 6.45) is 0. The summed E-state index contributed by atoms with van der Waals surface area (Å²) in [5.41, 5.74) is 6.22. The van der Waals surface area contributed by atoms with E-state index in [1.807, 2.05) is 0 Å². The summed E-state index contributed by atoms with van der Waals surface area (Å²) >= 11 is 1.76. The molecular weight excluding hydrogens is 265 g/mol. The summed E-state index contributed by atoms with van der Waals surface area (Å²) in [4.78, 5) is 4.27. The number of nitrogens with zero attached hydrogens (tertiary/aromatic N) is 2. The maximum atomic E-state index is 13.1. The first-order valence-corrected chi connectivity index (χ1v) is 7.17. The predicted molar refractivity (Wildman–Crippen MR) is 75.1 cm³/mol. The molecule has 0 aliphatic rings. The van der Waals surface area contributed by atoms with Gasteiger partial charge in [-0.1, -0.05) is 19.0 Å². The van der Waals surface area contributed by atoms with Crippen LogP contribution >= 0.6 is 11.8 Å². The van der Waals surface area contributed by atoms with Crippen LogP contribution in [0.25, 0.3) is 11.5 Å². The van der Waals surface area contributed by atoms with Gasteiger partial charge in [-0.15, -0.1) is 0 Å². The van der Waals surface area contributed by atoms with Crippen molar-refractivity contribution in [3.05, 3.63) is 29.8 Å². The molecule has 4 nitrogen and oxygen atoms in total. The molecule has 2 rings (SSSR count). The highest BCUT2D eigenvalue weighted by molar-refractivity contribution is 7.98. The number of benzene rings is 1. The van der Waals surface area contributed by atoms with E-state index in [0.29, 0.717) is 28.9 Å². The summed E-state index contributed by atoms with van der Waals surface area (Å²) in [6.45, 7) is 4.33. The number of nitrogen functional groups attached to an aromatic ring is 1. The minimum atomic E-state index is -0.448. The molecule has 6 heteroatoms. The summed E-state index contributed by atoms with van der Waals surface area (Å²) in [7, 11) is 0. The Morgan fingerprint density at radius 3 is 2.89 bits per heavy atom. The van der Waals surface area contributed by atoms with Crippen molar-refractivity contribution in [2.24, 2.45) is 5.92 Å². The number of hydrogen-bond acceptors (Lipinski definition) is 5. The van der Waals surface area contributed by atoms with Gasteiger partial charge in [-0.3, -0.25) is 0 Å². The lowest BCUT2D eigenvalue weighted by Crippen LogP contribution is -1.93. The Bertz CT molecular complexity index is 557. The molecule has 0 radical (unpaired) electrons. The smallest absolute Gasteiger partial charge is 0.258 e. The first kappa shape index (κ1) is 13.9. The summed E-state index contributed by atoms with van der Waals surface area (Å²) in [5.74, 6) is 2.95. The standard InChI is InChI=1S/C13H16FN3OS/c1-8(2)6-19-7-12-16-13(18-17-12)9-3-4-10(14)11(15)5-9/h3-5,8H,6-7,15H2,1-2H3. The Labute approximate surface area is 115 Å². The molecule has 1 aromatic carbocycles. The van der Waals surface area contributed by atoms with Crippen LogP contribution in [0.2, 0.25) is 0 Å². The number of hydrogen-bond donors (Lipinski definition) is 1. The highest BCUT2D eigenvalue weighted by Gasteiger charge is 2.10. The molecule has 0 saturated heterocycles. The van der Waals surface area contributed by atoms with Gasteiger partial charge >= 0.3 is 0 Å². The van der Waals surface area contributed by atoms with Crippen LogP contribution in [0.3, 0.4) is 0 Å². The molecule has 0 fully saturated rings. The molecule has 1 heterocycles. The Balaban J connectivity index is 2.05. The largest absolute Gasteiger partial charge is 0.396 e. The SMILES string of the molecule is CC(C)CSCc1noc(-c2ccc(F)c(N)c2)n1. The first-order chi connectivity index (χ1) is 9.06. The molecule has 0 unspecified atom stereocenters. The van der Waals surface area contributed by atoms with Crippen molar-refractivity contribution in [1.82, 2.24) is 10.1 Å². The molecular formula is C13H16FN3OS. The summed E-state index contributed by atoms with van der Waals surface area (Å²) < 4.78 is 18.2. The van der Waals surface area contributed by atoms with Crippen molar-refractivity contribution < 1.29 is 8.91 Å². The van der Waals surface area contributed by atoms with E-state index in [1.54, 1.807) is 17.8 Å². The third kappa shape index (κ3) is 3.70. The predicted octanol–water partition coefficient (Wildman–Crippen LogP) is 3.35. The molecule has 1 aromatic heterocycles. The lowest BCUT2D eigenvalue weighted by Gasteiger charge is -2.00. The van der Waals surface area contributed by atoms with Gasteiger partial charge in [-0.05, 0) is 29.9 Å². The normalized spacial score (nSPS) is 11.2. The molecule has 2 aromatic rings. The van der Waals surface area contributed by atoms with E-state index in [2.05, 4.69) is 24.0 Å². The van der Waals surface area contributed by atoms with E-state index in [0.717, 1.165) is 5.75 Å². The van der Waals surface area contributed by atoms with Gasteiger partial charge in [0.1, 0.15) is 5.82 Å². The van der Waals surface area contributed by atoms with E-state index < -0.39 is 5.82 Å². The highest BCUT2D eigenvalue weighted by Crippen LogP contribution is 2.23. The van der Waals surface area contributed by atoms with E-state index in [4.69, 9.17) is 10.3 Å². The lowest BCUT2D eigenvalue weighted by molar-refractivity contribution is 0.425. The van der Waals surface area contributed by atoms with Gasteiger partial charge in [0, 0.05) is 5.56 Å². The zero-order chi connectivity index (χ0) is 13.8. The quantitative estimate of drug-likeness (QED) is 0.851. The van der Waals surface area contributed by atoms with Crippen molar-refractivity contribution in [3.63, 3.8) is 0 Å². The van der Waals surface area contributed by atoms with Crippen molar-refractivity contribution in [1.29, 1.82) is 0 Å². The zero-order valence-electron chi connectivity index (χ0n) is 10.9. The zero-order valence-corrected chi connectivity index (χ0v) is 11.7. The number of rotatable bonds is 5. The maximum Gasteiger partial charge on any atom is 0.258 e. The van der Waals surface area contributed by atoms with Crippen molar-refractivity contribution >= 4 is 17.4 Å². The number of halogens is 1. The summed E-state index contributed by atoms with van der Waals surface area (Å²) in [6, 6.07) is 4.36. The molecule has 0 saturated carbocycles. The summed E-state index contributed by atoms with van der Waals surface area (Å²) in [5, 5.41) is 3.90. The van der Waals surface area contributed by atoms with E-state index in [-0.39, 0.29) is 5.69 Å². The Morgan fingerprint density at radius 2 is 2.21 bits per heavy atom. The van der Waals surface area contributed by atoms with Crippen LogP contribution in [0, 0.1) is 11.7 Å². The van der Waals surface area contributed by atoms with E-state index in [9.17, 15) is 4.39 Å². The average Bonchev–Trinajstić information content (AvgIpc) is 2.81. The van der Waals surface area contributed by atoms with Gasteiger partial charge in [-0.2, -0.15) is 16.7 Å². The molecule has 0 amide bonds. The highest BCUT2D eigenvalue weighted by atomic mass is 32.2. The van der Waals surface area contributed by atoms with Crippen LogP contribution in [0.5, 0.6) is 0 Å². The van der Waals surface area contributed by atoms with Gasteiger partial charge in [0.15, 0.2) is 5.82 Å². The number of nitrogens with two attached hydrogens (primary N) is 1. The Hall–Kier alpha value is -1.56. The van der Waals surface area contributed by atoms with Crippen LogP contribution in [-0.2, 0) is 5.75 Å². The molecule has 2 N–H and O–H groups in total. The number of thioether (sulfide) groups is 1. The fourth-order valence-electron chi connectivity index (χ4n) is 1.49. The Kier molecular flexibility index (Phi) is 4.42. The van der Waals surface area contributed by atoms with Crippen LogP contribution in [0.1, 0.15) is 19.7 Å². The molecule has 0 aliphatic heterocycles. The fourth-order valence-corrected chi connectivity index (χ4v) is 2.38. The maximum absolute atomic E-state index is 13.1. The lowest BCUT2D eigenvalue weighted by atomic mass is 10.2. The third-order valence-corrected chi connectivity index (χ3v) is 3.76. The van der Waals surface area contributed by atoms with Crippen LogP contribution in [-0.4, -0.2) is 15.9 Å². The minimum absolute atomic E-state index is 0.0754. The Morgan fingerprint density at radius 1 is 1.42 bits per heavy atom. The van der Waals surface area contributed by atoms with Crippen LogP contribution in [0.15, 0.2) is 22.7 Å². The van der Waals surface area contributed by atoms with Gasteiger partial charge in [0.2, 0.25) is 0 Å². The average molecular weight is 281 g/mol. The number of aromatic nitrogens is 2. The van der Waals surface area contributed by atoms with Crippen molar-refractivity contribution in [2.45, 2.75) is 19.6 Å². The molecule has 0 spiro atoms. The molecule has 0 atom stereocenters. The minimum Gasteiger partial charge on any atom is -0.396 e. The first-order valence-electron chi connectivity index (χ1n) is 6.02. The topological polar surface area (TPSA) is 64.9 Å². The fraction of sp³-hybridized carbons (Fsp3) is 0.385. The van der Waals surface area contributed by atoms with Crippen molar-refractivity contribution in [2.75, 3.05) is 11.5 Å².